The Kier molecular flexibility index (Phi) is 4.57. The maximum atomic E-state index is 11.0. The SMILES string of the molecule is CCCn1c(CC(C)(C)CC(=O)O)nc2ccc(Cl)cc21. The molecule has 0 radical (unpaired) electrons. The Balaban J connectivity index is 2.43. The number of aromatic nitrogens is 2. The normalized spacial score (nSPS) is 12.0. The van der Waals surface area contributed by atoms with Crippen LogP contribution in [-0.2, 0) is 17.8 Å². The van der Waals surface area contributed by atoms with Gasteiger partial charge < -0.3 is 9.67 Å². The Hall–Kier alpha value is -1.55. The zero-order chi connectivity index (χ0) is 15.6. The lowest BCUT2D eigenvalue weighted by atomic mass is 9.85. The fourth-order valence-electron chi connectivity index (χ4n) is 2.65. The number of nitrogens with zero attached hydrogens (tertiary/aromatic N) is 2. The Morgan fingerprint density at radius 2 is 2.14 bits per heavy atom. The second-order valence-electron chi connectivity index (χ2n) is 6.22. The fourth-order valence-corrected chi connectivity index (χ4v) is 2.82. The number of rotatable bonds is 6. The average molecular weight is 309 g/mol. The molecule has 0 aliphatic heterocycles. The van der Waals surface area contributed by atoms with E-state index in [1.54, 1.807) is 0 Å². The first-order chi connectivity index (χ1) is 9.82. The Bertz CT molecular complexity index is 662. The number of imidazole rings is 1. The van der Waals surface area contributed by atoms with Crippen molar-refractivity contribution in [2.75, 3.05) is 0 Å². The molecule has 0 saturated heterocycles. The predicted molar refractivity (Wildman–Crippen MR) is 84.8 cm³/mol. The highest BCUT2D eigenvalue weighted by molar-refractivity contribution is 6.31. The van der Waals surface area contributed by atoms with Crippen molar-refractivity contribution >= 4 is 28.6 Å². The minimum absolute atomic E-state index is 0.128. The third-order valence-corrected chi connectivity index (χ3v) is 3.74. The van der Waals surface area contributed by atoms with E-state index in [0.717, 1.165) is 29.8 Å². The Labute approximate surface area is 129 Å². The summed E-state index contributed by atoms with van der Waals surface area (Å²) in [7, 11) is 0. The van der Waals surface area contributed by atoms with Crippen molar-refractivity contribution in [3.8, 4) is 0 Å². The van der Waals surface area contributed by atoms with Gasteiger partial charge in [0.1, 0.15) is 5.82 Å². The van der Waals surface area contributed by atoms with E-state index >= 15 is 0 Å². The summed E-state index contributed by atoms with van der Waals surface area (Å²) in [6, 6.07) is 5.67. The molecular formula is C16H21ClN2O2. The van der Waals surface area contributed by atoms with Crippen molar-refractivity contribution < 1.29 is 9.90 Å². The van der Waals surface area contributed by atoms with Crippen LogP contribution in [0.5, 0.6) is 0 Å². The van der Waals surface area contributed by atoms with Crippen LogP contribution >= 0.6 is 11.6 Å². The van der Waals surface area contributed by atoms with Gasteiger partial charge in [-0.25, -0.2) is 4.98 Å². The maximum Gasteiger partial charge on any atom is 0.303 e. The summed E-state index contributed by atoms with van der Waals surface area (Å²) in [6.45, 7) is 6.89. The summed E-state index contributed by atoms with van der Waals surface area (Å²) in [6.07, 6.45) is 1.75. The van der Waals surface area contributed by atoms with Gasteiger partial charge >= 0.3 is 5.97 Å². The van der Waals surface area contributed by atoms with Crippen molar-refractivity contribution in [3.05, 3.63) is 29.0 Å². The molecule has 0 saturated carbocycles. The van der Waals surface area contributed by atoms with Gasteiger partial charge in [-0.1, -0.05) is 32.4 Å². The van der Waals surface area contributed by atoms with E-state index in [0.29, 0.717) is 11.4 Å². The highest BCUT2D eigenvalue weighted by Crippen LogP contribution is 2.29. The standard InChI is InChI=1S/C16H21ClN2O2/c1-4-7-19-13-8-11(17)5-6-12(13)18-14(19)9-16(2,3)10-15(20)21/h5-6,8H,4,7,9-10H2,1-3H3,(H,20,21). The number of carboxylic acids is 1. The van der Waals surface area contributed by atoms with Crippen LogP contribution in [-0.4, -0.2) is 20.6 Å². The molecule has 0 aliphatic carbocycles. The summed E-state index contributed by atoms with van der Waals surface area (Å²) in [4.78, 5) is 15.7. The molecule has 114 valence electrons. The quantitative estimate of drug-likeness (QED) is 0.872. The van der Waals surface area contributed by atoms with Gasteiger partial charge in [0.15, 0.2) is 0 Å². The van der Waals surface area contributed by atoms with Gasteiger partial charge in [-0.3, -0.25) is 4.79 Å². The molecule has 0 unspecified atom stereocenters. The molecule has 0 bridgehead atoms. The molecular weight excluding hydrogens is 288 g/mol. The van der Waals surface area contributed by atoms with Crippen molar-refractivity contribution in [2.45, 2.75) is 46.6 Å². The number of carboxylic acid groups (broad SMARTS) is 1. The monoisotopic (exact) mass is 308 g/mol. The lowest BCUT2D eigenvalue weighted by molar-refractivity contribution is -0.139. The van der Waals surface area contributed by atoms with E-state index in [-0.39, 0.29) is 11.8 Å². The maximum absolute atomic E-state index is 11.0. The number of fused-ring (bicyclic) bond motifs is 1. The number of hydrogen-bond donors (Lipinski definition) is 1. The van der Waals surface area contributed by atoms with E-state index < -0.39 is 5.97 Å². The van der Waals surface area contributed by atoms with E-state index in [1.165, 1.54) is 0 Å². The lowest BCUT2D eigenvalue weighted by Crippen LogP contribution is -2.22. The van der Waals surface area contributed by atoms with Crippen molar-refractivity contribution in [1.29, 1.82) is 0 Å². The third-order valence-electron chi connectivity index (χ3n) is 3.50. The van der Waals surface area contributed by atoms with Gasteiger partial charge in [-0.2, -0.15) is 0 Å². The summed E-state index contributed by atoms with van der Waals surface area (Å²) < 4.78 is 2.16. The average Bonchev–Trinajstić information content (AvgIpc) is 2.65. The molecule has 2 aromatic rings. The van der Waals surface area contributed by atoms with Crippen LogP contribution in [0.2, 0.25) is 5.02 Å². The van der Waals surface area contributed by atoms with E-state index in [1.807, 2.05) is 32.0 Å². The molecule has 1 aromatic heterocycles. The summed E-state index contributed by atoms with van der Waals surface area (Å²) in [5.74, 6) is 0.154. The molecule has 1 aromatic carbocycles. The predicted octanol–water partition coefficient (Wildman–Crippen LogP) is 4.14. The van der Waals surface area contributed by atoms with E-state index in [4.69, 9.17) is 16.7 Å². The third kappa shape index (κ3) is 3.76. The molecule has 0 spiro atoms. The minimum atomic E-state index is -0.777. The first kappa shape index (κ1) is 15.8. The fraction of sp³-hybridized carbons (Fsp3) is 0.500. The second-order valence-corrected chi connectivity index (χ2v) is 6.66. The van der Waals surface area contributed by atoms with Gasteiger partial charge in [-0.15, -0.1) is 0 Å². The van der Waals surface area contributed by atoms with Crippen LogP contribution in [0.25, 0.3) is 11.0 Å². The molecule has 0 amide bonds. The minimum Gasteiger partial charge on any atom is -0.481 e. The number of aliphatic carboxylic acids is 1. The first-order valence-electron chi connectivity index (χ1n) is 7.19. The van der Waals surface area contributed by atoms with Gasteiger partial charge in [-0.05, 0) is 30.0 Å². The van der Waals surface area contributed by atoms with E-state index in [9.17, 15) is 4.79 Å². The Morgan fingerprint density at radius 3 is 2.76 bits per heavy atom. The van der Waals surface area contributed by atoms with Crippen molar-refractivity contribution in [2.24, 2.45) is 5.41 Å². The van der Waals surface area contributed by atoms with Gasteiger partial charge in [0, 0.05) is 18.0 Å². The van der Waals surface area contributed by atoms with E-state index in [2.05, 4.69) is 16.5 Å². The molecule has 5 heteroatoms. The number of hydrogen-bond acceptors (Lipinski definition) is 2. The number of halogens is 1. The molecule has 1 heterocycles. The van der Waals surface area contributed by atoms with Gasteiger partial charge in [0.2, 0.25) is 0 Å². The van der Waals surface area contributed by atoms with Crippen LogP contribution < -0.4 is 0 Å². The van der Waals surface area contributed by atoms with Gasteiger partial charge in [0.25, 0.3) is 0 Å². The largest absolute Gasteiger partial charge is 0.481 e. The summed E-state index contributed by atoms with van der Waals surface area (Å²) >= 11 is 6.08. The highest BCUT2D eigenvalue weighted by atomic mass is 35.5. The summed E-state index contributed by atoms with van der Waals surface area (Å²) in [5.41, 5.74) is 1.60. The van der Waals surface area contributed by atoms with Crippen LogP contribution in [0.1, 0.15) is 39.4 Å². The van der Waals surface area contributed by atoms with Crippen molar-refractivity contribution in [3.63, 3.8) is 0 Å². The van der Waals surface area contributed by atoms with Crippen LogP contribution in [0.4, 0.5) is 0 Å². The lowest BCUT2D eigenvalue weighted by Gasteiger charge is -2.22. The van der Waals surface area contributed by atoms with Crippen LogP contribution in [0, 0.1) is 5.41 Å². The van der Waals surface area contributed by atoms with Crippen molar-refractivity contribution in [1.82, 2.24) is 9.55 Å². The first-order valence-corrected chi connectivity index (χ1v) is 7.56. The zero-order valence-electron chi connectivity index (χ0n) is 12.7. The number of carbonyl (C=O) groups is 1. The smallest absolute Gasteiger partial charge is 0.303 e. The van der Waals surface area contributed by atoms with Gasteiger partial charge in [0.05, 0.1) is 17.5 Å². The highest BCUT2D eigenvalue weighted by Gasteiger charge is 2.25. The second kappa shape index (κ2) is 6.06. The molecule has 1 N–H and O–H groups in total. The number of benzene rings is 1. The summed E-state index contributed by atoms with van der Waals surface area (Å²) in [5, 5.41) is 9.72. The van der Waals surface area contributed by atoms with Crippen LogP contribution in [0.3, 0.4) is 0 Å². The molecule has 0 aliphatic rings. The molecule has 21 heavy (non-hydrogen) atoms. The topological polar surface area (TPSA) is 55.1 Å². The number of aryl methyl sites for hydroxylation is 1. The molecule has 4 nitrogen and oxygen atoms in total. The zero-order valence-corrected chi connectivity index (χ0v) is 13.4. The molecule has 0 atom stereocenters. The molecule has 2 rings (SSSR count). The molecule has 0 fully saturated rings. The Morgan fingerprint density at radius 1 is 1.43 bits per heavy atom. The van der Waals surface area contributed by atoms with Crippen LogP contribution in [0.15, 0.2) is 18.2 Å².